The number of nitrogens with two attached hydrogens (primary N) is 2. The summed E-state index contributed by atoms with van der Waals surface area (Å²) in [6, 6.07) is 3.81. The minimum Gasteiger partial charge on any atom is -0.508 e. The second-order valence-corrected chi connectivity index (χ2v) is 32.6. The van der Waals surface area contributed by atoms with E-state index in [0.29, 0.717) is 6.54 Å². The van der Waals surface area contributed by atoms with Crippen molar-refractivity contribution in [1.29, 1.82) is 0 Å². The molecule has 5 aromatic carbocycles. The predicted octanol–water partition coefficient (Wildman–Crippen LogP) is 5.29. The van der Waals surface area contributed by atoms with E-state index in [1.807, 2.05) is 13.8 Å². The van der Waals surface area contributed by atoms with Crippen LogP contribution < -0.4 is 62.9 Å². The van der Waals surface area contributed by atoms with Crippen LogP contribution in [0.3, 0.4) is 0 Å². The molecule has 2 fully saturated rings. The lowest BCUT2D eigenvalue weighted by molar-refractivity contribution is -0.330. The first-order chi connectivity index (χ1) is 56.9. The van der Waals surface area contributed by atoms with Gasteiger partial charge in [0.1, 0.15) is 83.0 Å². The lowest BCUT2D eigenvalue weighted by Crippen LogP contribution is -2.65. The van der Waals surface area contributed by atoms with Gasteiger partial charge in [-0.05, 0) is 137 Å². The van der Waals surface area contributed by atoms with Crippen molar-refractivity contribution >= 4 is 82.3 Å². The number of carboxylic acid groups (broad SMARTS) is 1. The second-order valence-electron chi connectivity index (χ2n) is 30.8. The number of amides is 7. The molecule has 0 spiro atoms. The molecule has 11 rings (SSSR count). The molecule has 8 bridgehead atoms. The molecule has 1 aromatic heterocycles. The molecule has 21 N–H and O–H groups in total. The van der Waals surface area contributed by atoms with Gasteiger partial charge in [-0.2, -0.15) is 4.98 Å². The van der Waals surface area contributed by atoms with Gasteiger partial charge in [0.25, 0.3) is 0 Å². The molecule has 2 saturated heterocycles. The fourth-order valence-corrected chi connectivity index (χ4v) is 15.9. The summed E-state index contributed by atoms with van der Waals surface area (Å²) in [5.74, 6) is -16.1. The van der Waals surface area contributed by atoms with Crippen LogP contribution in [-0.2, 0) is 52.6 Å². The number of ether oxygens (including phenoxy) is 6. The van der Waals surface area contributed by atoms with Gasteiger partial charge in [-0.1, -0.05) is 119 Å². The molecule has 36 nitrogen and oxygen atoms in total. The molecular weight excluding hydrogens is 1630 g/mol. The largest absolute Gasteiger partial charge is 0.508 e. The standard InChI is InChI=1S/C81H102Cl2N12O24S/c1-9-10-11-12-13-14-15-16-23-87-81(7)33-58(114-38(6)70(81)104)118-69-67(103)66(102)56(34-120-80-93-73(107)37(5)94-95-80)117-79(69)119-68-54(115-52-21-18-40(26-46(52)82)64(100)62(91-74(108)49(86-8)24-35(2)3)76(110)88-48(71(85)105)32-57(84)99)28-42-29-55(68)116-53-22-19-41(27-47(53)83)65(101)63-77(111)90-61(78(112)113)45-30-43(96)31-51(98)59(45)44-25-39(17-20-50(44)97)60(75(109)92-63)89-72(106)36(42)4/h17-22,25-31,35-36,38,48-49,56,58,60-67,69-70,79,86-87,96-98,100-104H,9-16,23-24,32-34H2,1-8H3,(H2,84,99)(H2,85,105)(H,88,110)(H,89,106)(H,90,111)(H,91,108)(H,92,109)(H,112,113)(H,93,95,107)/t36-,38?,48+,49+,56?,58?,60-,61-,62-,63?,64-,65-,66?,67?,69?,70?,79?,81?/m1/s1. The monoisotopic (exact) mass is 1730 g/mol. The summed E-state index contributed by atoms with van der Waals surface area (Å²) in [6.45, 7) is 12.6. The zero-order chi connectivity index (χ0) is 87.5. The van der Waals surface area contributed by atoms with Crippen LogP contribution in [0, 0.1) is 12.8 Å². The number of unbranched alkanes of at least 4 members (excludes halogenated alkanes) is 7. The molecule has 6 aromatic rings. The van der Waals surface area contributed by atoms with Gasteiger partial charge in [-0.25, -0.2) is 4.79 Å². The van der Waals surface area contributed by atoms with Crippen molar-refractivity contribution in [3.05, 3.63) is 122 Å². The average molecular weight is 1730 g/mol. The molecule has 0 radical (unpaired) electrons. The number of hydrogen-bond donors (Lipinski definition) is 19. The van der Waals surface area contributed by atoms with E-state index in [2.05, 4.69) is 59.3 Å². The number of phenols is 3. The number of aliphatic hydroxyl groups excluding tert-OH is 5. The maximum atomic E-state index is 15.5. The zero-order valence-electron chi connectivity index (χ0n) is 66.9. The minimum atomic E-state index is -2.19. The summed E-state index contributed by atoms with van der Waals surface area (Å²) in [5.41, 5.74) is 7.96. The molecule has 18 atom stereocenters. The number of benzene rings is 5. The quantitative estimate of drug-likeness (QED) is 0.0188. The Morgan fingerprint density at radius 3 is 2.12 bits per heavy atom. The molecular formula is C81H102Cl2N12O24S. The number of primary amides is 2. The number of hydrogen-bond acceptors (Lipinski definition) is 29. The van der Waals surface area contributed by atoms with Gasteiger partial charge in [0.15, 0.2) is 29.9 Å². The number of aliphatic hydroxyl groups is 5. The van der Waals surface area contributed by atoms with Crippen molar-refractivity contribution in [3.8, 4) is 63.0 Å². The highest BCUT2D eigenvalue weighted by Gasteiger charge is 2.52. The Kier molecular flexibility index (Phi) is 31.2. The molecule has 39 heteroatoms. The van der Waals surface area contributed by atoms with Crippen LogP contribution in [0.25, 0.3) is 11.1 Å². The summed E-state index contributed by atoms with van der Waals surface area (Å²) in [5, 5.41) is 143. The number of fused-ring (bicyclic) bond motifs is 8. The van der Waals surface area contributed by atoms with E-state index in [4.69, 9.17) is 63.1 Å². The topological polar surface area (TPSA) is 569 Å². The van der Waals surface area contributed by atoms with Crippen molar-refractivity contribution in [1.82, 2.24) is 52.4 Å². The number of carboxylic acids is 1. The first-order valence-electron chi connectivity index (χ1n) is 39.2. The Hall–Kier alpha value is -10.0. The molecule has 0 aliphatic carbocycles. The van der Waals surface area contributed by atoms with Gasteiger partial charge in [0.2, 0.25) is 64.4 Å². The Morgan fingerprint density at radius 1 is 0.750 bits per heavy atom. The molecule has 7 amide bonds. The highest BCUT2D eigenvalue weighted by molar-refractivity contribution is 7.99. The number of aromatic hydroxyl groups is 4. The molecule has 6 heterocycles. The average Bonchev–Trinajstić information content (AvgIpc) is 0.760. The Balaban J connectivity index is 1.14. The Labute approximate surface area is 704 Å². The Morgan fingerprint density at radius 2 is 1.46 bits per heavy atom. The van der Waals surface area contributed by atoms with E-state index < -0.39 is 214 Å². The highest BCUT2D eigenvalue weighted by Crippen LogP contribution is 2.50. The van der Waals surface area contributed by atoms with Gasteiger partial charge >= 0.3 is 5.97 Å². The number of aryl methyl sites for hydroxylation is 1. The SMILES string of the molecule is CCCCCCCCCCNC1(C)CC(OC2C(Oc3c4cc(cc3Oc3ccc([C@@H](O)[C@@H](NC(=O)[C@H](CC(C)C)NC)C(=O)N[C@@H](CC(N)=O)C(N)=O)cc3Cl)[C@@H](C)C(=O)N[C@H]3C(=O)NC(C(=O)N[C@@H](C(=O)O)c5cc(O)cc(O)c5-c5cc3ccc5O)[C@H](O)c3ccc(c(Cl)c3)O4)OC(CSc3nnc(C)c(O)n3)C(O)C2O)OC(C)C1O. The smallest absolute Gasteiger partial charge is 0.330 e. The number of likely N-dealkylation sites (N-methyl/N-ethyl adjacent to an activating group) is 1. The van der Waals surface area contributed by atoms with Crippen LogP contribution in [0.5, 0.6) is 51.9 Å². The Bertz CT molecular complexity index is 4750. The lowest BCUT2D eigenvalue weighted by atomic mass is 9.85. The van der Waals surface area contributed by atoms with Crippen molar-refractivity contribution < 1.29 is 118 Å². The van der Waals surface area contributed by atoms with E-state index >= 15 is 9.59 Å². The van der Waals surface area contributed by atoms with Crippen molar-refractivity contribution in [2.24, 2.45) is 17.4 Å². The lowest BCUT2D eigenvalue weighted by Gasteiger charge is -2.48. The normalized spacial score (nSPS) is 24.7. The fraction of sp³-hybridized carbons (Fsp3) is 0.494. The summed E-state index contributed by atoms with van der Waals surface area (Å²) < 4.78 is 40.4. The number of aromatic nitrogens is 3. The van der Waals surface area contributed by atoms with Crippen molar-refractivity contribution in [2.75, 3.05) is 19.3 Å². The van der Waals surface area contributed by atoms with E-state index in [1.54, 1.807) is 13.8 Å². The summed E-state index contributed by atoms with van der Waals surface area (Å²) in [6.07, 6.45) is -8.99. The van der Waals surface area contributed by atoms with Gasteiger partial charge < -0.3 is 128 Å². The minimum absolute atomic E-state index is 0.0707. The van der Waals surface area contributed by atoms with Gasteiger partial charge in [0.05, 0.1) is 46.7 Å². The molecule has 10 unspecified atom stereocenters. The molecule has 5 aliphatic heterocycles. The van der Waals surface area contributed by atoms with Crippen molar-refractivity contribution in [2.45, 2.75) is 233 Å². The third kappa shape index (κ3) is 22.2. The van der Waals surface area contributed by atoms with Crippen LogP contribution in [0.1, 0.15) is 176 Å². The number of nitrogens with one attached hydrogen (secondary N) is 7. The van der Waals surface area contributed by atoms with Crippen LogP contribution in [0.4, 0.5) is 0 Å². The number of thioether (sulfide) groups is 1. The maximum absolute atomic E-state index is 15.5. The number of rotatable bonds is 32. The van der Waals surface area contributed by atoms with Crippen LogP contribution >= 0.6 is 35.0 Å². The highest BCUT2D eigenvalue weighted by atomic mass is 35.5. The van der Waals surface area contributed by atoms with Gasteiger partial charge in [-0.3, -0.25) is 33.6 Å². The van der Waals surface area contributed by atoms with E-state index in [9.17, 15) is 79.8 Å². The van der Waals surface area contributed by atoms with Gasteiger partial charge in [-0.15, -0.1) is 10.2 Å². The number of aliphatic carboxylic acids is 1. The second kappa shape index (κ2) is 40.6. The first-order valence-corrected chi connectivity index (χ1v) is 41.0. The van der Waals surface area contributed by atoms with E-state index in [-0.39, 0.29) is 84.7 Å². The number of carbonyl (C=O) groups is 8. The van der Waals surface area contributed by atoms with Crippen LogP contribution in [-0.4, -0.2) is 212 Å². The molecule has 650 valence electrons. The molecule has 0 saturated carbocycles. The number of carbonyl (C=O) groups excluding carboxylic acids is 7. The van der Waals surface area contributed by atoms with E-state index in [1.165, 1.54) is 63.4 Å². The first kappa shape index (κ1) is 92.3. The van der Waals surface area contributed by atoms with E-state index in [0.717, 1.165) is 99.5 Å². The third-order valence-corrected chi connectivity index (χ3v) is 22.9. The number of nitrogens with zero attached hydrogens (tertiary/aromatic N) is 3. The number of phenolic OH excluding ortho intramolecular Hbond substituents is 3. The number of halogens is 2. The predicted molar refractivity (Wildman–Crippen MR) is 432 cm³/mol. The molecule has 120 heavy (non-hydrogen) atoms. The maximum Gasteiger partial charge on any atom is 0.330 e. The van der Waals surface area contributed by atoms with Crippen LogP contribution in [0.15, 0.2) is 84.0 Å². The summed E-state index contributed by atoms with van der Waals surface area (Å²) in [4.78, 5) is 116. The third-order valence-electron chi connectivity index (χ3n) is 21.3. The zero-order valence-corrected chi connectivity index (χ0v) is 69.3. The van der Waals surface area contributed by atoms with Crippen molar-refractivity contribution in [3.63, 3.8) is 0 Å². The fourth-order valence-electron chi connectivity index (χ4n) is 14.6. The van der Waals surface area contributed by atoms with Gasteiger partial charge in [0, 0.05) is 40.5 Å². The summed E-state index contributed by atoms with van der Waals surface area (Å²) in [7, 11) is 1.50. The summed E-state index contributed by atoms with van der Waals surface area (Å²) >= 11 is 15.3. The van der Waals surface area contributed by atoms with Crippen LogP contribution in [0.2, 0.25) is 10.0 Å². The molecule has 5 aliphatic rings.